The van der Waals surface area contributed by atoms with Crippen molar-refractivity contribution < 1.29 is 29.4 Å². The lowest BCUT2D eigenvalue weighted by Crippen LogP contribution is -2.52. The highest BCUT2D eigenvalue weighted by atomic mass is 16.4. The van der Waals surface area contributed by atoms with Crippen LogP contribution in [0.2, 0.25) is 0 Å². The summed E-state index contributed by atoms with van der Waals surface area (Å²) in [4.78, 5) is 50.8. The number of rotatable bonds is 4. The van der Waals surface area contributed by atoms with Crippen molar-refractivity contribution in [3.05, 3.63) is 29.3 Å². The van der Waals surface area contributed by atoms with E-state index in [-0.39, 0.29) is 24.7 Å². The van der Waals surface area contributed by atoms with Crippen LogP contribution in [0.4, 0.5) is 5.69 Å². The number of nitrogens with zero attached hydrogens (tertiary/aromatic N) is 2. The number of aliphatic carboxylic acids is 1. The summed E-state index contributed by atoms with van der Waals surface area (Å²) < 4.78 is 0. The number of carboxylic acid groups (broad SMARTS) is 1. The Hall–Kier alpha value is -2.94. The first-order valence-corrected chi connectivity index (χ1v) is 9.72. The van der Waals surface area contributed by atoms with Gasteiger partial charge in [0, 0.05) is 37.3 Å². The highest BCUT2D eigenvalue weighted by molar-refractivity contribution is 6.05. The van der Waals surface area contributed by atoms with Gasteiger partial charge in [-0.15, -0.1) is 0 Å². The smallest absolute Gasteiger partial charge is 0.306 e. The Balaban J connectivity index is 1.46. The van der Waals surface area contributed by atoms with Crippen LogP contribution in [-0.4, -0.2) is 63.5 Å². The second-order valence-corrected chi connectivity index (χ2v) is 8.02. The molecule has 0 saturated carbocycles. The van der Waals surface area contributed by atoms with Gasteiger partial charge in [0.1, 0.15) is 6.04 Å². The lowest BCUT2D eigenvalue weighted by molar-refractivity contribution is -0.143. The van der Waals surface area contributed by atoms with Crippen molar-refractivity contribution >= 4 is 29.4 Å². The first-order valence-electron chi connectivity index (χ1n) is 9.72. The van der Waals surface area contributed by atoms with Crippen molar-refractivity contribution in [1.29, 1.82) is 0 Å². The van der Waals surface area contributed by atoms with E-state index in [2.05, 4.69) is 10.2 Å². The maximum atomic E-state index is 12.8. The number of aliphatic hydroxyl groups is 1. The predicted octanol–water partition coefficient (Wildman–Crippen LogP) is 0.254. The molecule has 2 fully saturated rings. The van der Waals surface area contributed by atoms with E-state index >= 15 is 0 Å². The molecule has 0 spiro atoms. The Kier molecular flexibility index (Phi) is 4.77. The number of imide groups is 1. The van der Waals surface area contributed by atoms with Crippen molar-refractivity contribution in [1.82, 2.24) is 10.2 Å². The number of amides is 3. The number of nitrogens with one attached hydrogen (secondary N) is 1. The molecular weight excluding hydrogens is 378 g/mol. The fourth-order valence-electron chi connectivity index (χ4n) is 4.40. The number of carbonyl (C=O) groups is 4. The summed E-state index contributed by atoms with van der Waals surface area (Å²) in [7, 11) is 0. The first kappa shape index (κ1) is 19.4. The molecule has 1 atom stereocenters. The number of fused-ring (bicyclic) bond motifs is 1. The molecule has 0 bridgehead atoms. The Bertz CT molecular complexity index is 890. The van der Waals surface area contributed by atoms with Crippen molar-refractivity contribution in [3.63, 3.8) is 0 Å². The highest BCUT2D eigenvalue weighted by Crippen LogP contribution is 2.33. The number of carbonyl (C=O) groups excluding carboxylic acids is 3. The molecule has 3 aliphatic rings. The molecule has 3 heterocycles. The number of hydrogen-bond donors (Lipinski definition) is 3. The molecule has 2 saturated heterocycles. The topological polar surface area (TPSA) is 127 Å². The Morgan fingerprint density at radius 3 is 2.59 bits per heavy atom. The summed E-state index contributed by atoms with van der Waals surface area (Å²) in [5, 5.41) is 21.6. The average Bonchev–Trinajstić information content (AvgIpc) is 2.97. The third-order valence-electron chi connectivity index (χ3n) is 6.05. The summed E-state index contributed by atoms with van der Waals surface area (Å²) in [5.74, 6) is -1.97. The van der Waals surface area contributed by atoms with Gasteiger partial charge in [0.05, 0.1) is 12.0 Å². The van der Waals surface area contributed by atoms with E-state index in [1.165, 1.54) is 4.90 Å². The van der Waals surface area contributed by atoms with Crippen LogP contribution in [0, 0.1) is 0 Å². The van der Waals surface area contributed by atoms with Crippen LogP contribution >= 0.6 is 0 Å². The number of anilines is 1. The lowest BCUT2D eigenvalue weighted by atomic mass is 9.88. The number of benzene rings is 1. The molecule has 0 aliphatic carbocycles. The Labute approximate surface area is 167 Å². The van der Waals surface area contributed by atoms with Gasteiger partial charge >= 0.3 is 5.97 Å². The van der Waals surface area contributed by atoms with Gasteiger partial charge in [-0.2, -0.15) is 0 Å². The van der Waals surface area contributed by atoms with E-state index in [1.807, 2.05) is 12.1 Å². The molecule has 0 unspecified atom stereocenters. The molecule has 0 aromatic heterocycles. The van der Waals surface area contributed by atoms with Crippen molar-refractivity contribution in [3.8, 4) is 0 Å². The number of hydrogen-bond acceptors (Lipinski definition) is 6. The minimum Gasteiger partial charge on any atom is -0.481 e. The maximum Gasteiger partial charge on any atom is 0.306 e. The van der Waals surface area contributed by atoms with Crippen LogP contribution in [0.15, 0.2) is 18.2 Å². The van der Waals surface area contributed by atoms with E-state index < -0.39 is 23.5 Å². The molecule has 1 aromatic rings. The third kappa shape index (κ3) is 3.69. The van der Waals surface area contributed by atoms with Gasteiger partial charge in [0.25, 0.3) is 5.91 Å². The standard InChI is InChI=1S/C20H23N3O6/c24-16-4-3-15(18(27)21-16)23-11-12-9-13(1-2-14(12)19(23)28)22-7-5-20(29,6-8-22)10-17(25)26/h1-2,9,15,29H,3-8,10-11H2,(H,25,26)(H,21,24,27)/t15-/m0/s1. The van der Waals surface area contributed by atoms with Crippen LogP contribution in [0.25, 0.3) is 0 Å². The number of piperidine rings is 2. The monoisotopic (exact) mass is 401 g/mol. The highest BCUT2D eigenvalue weighted by Gasteiger charge is 2.40. The summed E-state index contributed by atoms with van der Waals surface area (Å²) in [6, 6.07) is 4.86. The first-order chi connectivity index (χ1) is 13.8. The minimum atomic E-state index is -1.18. The lowest BCUT2D eigenvalue weighted by Gasteiger charge is -2.38. The number of carboxylic acids is 1. The van der Waals surface area contributed by atoms with Crippen LogP contribution in [0.3, 0.4) is 0 Å². The maximum absolute atomic E-state index is 12.8. The Morgan fingerprint density at radius 2 is 1.93 bits per heavy atom. The molecule has 3 aliphatic heterocycles. The van der Waals surface area contributed by atoms with Gasteiger partial charge in [-0.3, -0.25) is 24.5 Å². The van der Waals surface area contributed by atoms with Gasteiger partial charge in [-0.25, -0.2) is 0 Å². The van der Waals surface area contributed by atoms with E-state index in [0.717, 1.165) is 11.3 Å². The van der Waals surface area contributed by atoms with Crippen LogP contribution in [-0.2, 0) is 20.9 Å². The fraction of sp³-hybridized carbons (Fsp3) is 0.500. The fourth-order valence-corrected chi connectivity index (χ4v) is 4.40. The predicted molar refractivity (Wildman–Crippen MR) is 101 cm³/mol. The van der Waals surface area contributed by atoms with Gasteiger partial charge in [0.15, 0.2) is 0 Å². The van der Waals surface area contributed by atoms with E-state index in [0.29, 0.717) is 44.5 Å². The zero-order valence-corrected chi connectivity index (χ0v) is 15.9. The second-order valence-electron chi connectivity index (χ2n) is 8.02. The summed E-state index contributed by atoms with van der Waals surface area (Å²) in [5.41, 5.74) is 1.10. The zero-order valence-electron chi connectivity index (χ0n) is 15.9. The van der Waals surface area contributed by atoms with Crippen LogP contribution in [0.5, 0.6) is 0 Å². The molecule has 3 N–H and O–H groups in total. The molecule has 4 rings (SSSR count). The molecule has 0 radical (unpaired) electrons. The molecule has 9 nitrogen and oxygen atoms in total. The summed E-state index contributed by atoms with van der Waals surface area (Å²) >= 11 is 0. The Morgan fingerprint density at radius 1 is 1.21 bits per heavy atom. The van der Waals surface area contributed by atoms with E-state index in [1.54, 1.807) is 6.07 Å². The van der Waals surface area contributed by atoms with Gasteiger partial charge < -0.3 is 20.0 Å². The summed E-state index contributed by atoms with van der Waals surface area (Å²) in [6.45, 7) is 1.35. The van der Waals surface area contributed by atoms with Gasteiger partial charge in [0.2, 0.25) is 11.8 Å². The normalized spacial score (nSPS) is 23.8. The third-order valence-corrected chi connectivity index (χ3v) is 6.05. The van der Waals surface area contributed by atoms with Gasteiger partial charge in [-0.1, -0.05) is 0 Å². The quantitative estimate of drug-likeness (QED) is 0.617. The van der Waals surface area contributed by atoms with E-state index in [9.17, 15) is 24.3 Å². The van der Waals surface area contributed by atoms with Crippen molar-refractivity contribution in [2.45, 2.75) is 50.3 Å². The molecule has 29 heavy (non-hydrogen) atoms. The summed E-state index contributed by atoms with van der Waals surface area (Å²) in [6.07, 6.45) is 0.996. The minimum absolute atomic E-state index is 0.212. The largest absolute Gasteiger partial charge is 0.481 e. The SMILES string of the molecule is O=C(O)CC1(O)CCN(c2ccc3c(c2)CN([C@H]2CCC(=O)NC2=O)C3=O)CC1. The van der Waals surface area contributed by atoms with Crippen LogP contribution in [0.1, 0.15) is 48.0 Å². The van der Waals surface area contributed by atoms with E-state index in [4.69, 9.17) is 5.11 Å². The second kappa shape index (κ2) is 7.14. The molecule has 3 amide bonds. The molecule has 1 aromatic carbocycles. The van der Waals surface area contributed by atoms with Crippen molar-refractivity contribution in [2.75, 3.05) is 18.0 Å². The average molecular weight is 401 g/mol. The molecule has 9 heteroatoms. The molecular formula is C20H23N3O6. The van der Waals surface area contributed by atoms with Crippen molar-refractivity contribution in [2.24, 2.45) is 0 Å². The van der Waals surface area contributed by atoms with Gasteiger partial charge in [-0.05, 0) is 43.0 Å². The van der Waals surface area contributed by atoms with Crippen LogP contribution < -0.4 is 10.2 Å². The zero-order chi connectivity index (χ0) is 20.8. The molecule has 154 valence electrons.